The summed E-state index contributed by atoms with van der Waals surface area (Å²) in [5, 5.41) is -3.68. The maximum Gasteiger partial charge on any atom is 0.200 e. The Hall–Kier alpha value is -2.16. The van der Waals surface area contributed by atoms with E-state index in [4.69, 9.17) is 0 Å². The molecule has 0 unspecified atom stereocenters. The van der Waals surface area contributed by atoms with Crippen molar-refractivity contribution >= 4 is 24.8 Å². The molecule has 0 fully saturated rings. The van der Waals surface area contributed by atoms with Gasteiger partial charge in [0, 0.05) is 6.16 Å². The predicted molar refractivity (Wildman–Crippen MR) is 69.6 cm³/mol. The zero-order valence-electron chi connectivity index (χ0n) is 11.9. The molecule has 140 valence electrons. The Morgan fingerprint density at radius 2 is 0.731 bits per heavy atom. The fourth-order valence-electron chi connectivity index (χ4n) is 2.03. The van der Waals surface area contributed by atoms with Crippen LogP contribution in [0.15, 0.2) is 0 Å². The molecule has 1 nitrogen and oxygen atoms in total. The number of hydrogen-bond donors (Lipinski definition) is 0. The van der Waals surface area contributed by atoms with Gasteiger partial charge >= 0.3 is 0 Å². The normalized spacial score (nSPS) is 11.3. The Labute approximate surface area is 139 Å². The summed E-state index contributed by atoms with van der Waals surface area (Å²) >= 11 is 0. The Kier molecular flexibility index (Phi) is 5.60. The molecule has 0 aliphatic carbocycles. The summed E-state index contributed by atoms with van der Waals surface area (Å²) in [6.07, 6.45) is -1.49. The standard InChI is InChI=1S/C14H3F10OP/c15-3-5(17)9(21)13(10(22)6(3)18)26(2-1-25)14-11(23)7(19)4(16)8(20)12(14)24/h1H,2H2. The Morgan fingerprint density at radius 1 is 0.500 bits per heavy atom. The minimum atomic E-state index is -3.49. The van der Waals surface area contributed by atoms with Crippen LogP contribution in [0.5, 0.6) is 0 Å². The number of halogens is 10. The van der Waals surface area contributed by atoms with Gasteiger partial charge in [0.05, 0.1) is 10.6 Å². The molecule has 0 aliphatic heterocycles. The van der Waals surface area contributed by atoms with Crippen LogP contribution in [-0.4, -0.2) is 12.4 Å². The van der Waals surface area contributed by atoms with Gasteiger partial charge in [0.2, 0.25) is 11.6 Å². The van der Waals surface area contributed by atoms with Gasteiger partial charge in [-0.15, -0.1) is 0 Å². The molecular weight excluding hydrogens is 405 g/mol. The highest BCUT2D eigenvalue weighted by atomic mass is 31.1. The maximum atomic E-state index is 13.9. The Bertz CT molecular complexity index is 786. The molecule has 0 saturated carbocycles. The zero-order chi connectivity index (χ0) is 19.9. The lowest BCUT2D eigenvalue weighted by atomic mass is 10.3. The highest BCUT2D eigenvalue weighted by Gasteiger charge is 2.37. The Balaban J connectivity index is 2.93. The minimum Gasteiger partial charge on any atom is -0.303 e. The van der Waals surface area contributed by atoms with E-state index in [1.165, 1.54) is 0 Å². The van der Waals surface area contributed by atoms with Gasteiger partial charge in [-0.25, -0.2) is 43.9 Å². The van der Waals surface area contributed by atoms with E-state index < -0.39 is 82.9 Å². The van der Waals surface area contributed by atoms with E-state index in [0.717, 1.165) is 0 Å². The van der Waals surface area contributed by atoms with Crippen molar-refractivity contribution in [2.24, 2.45) is 0 Å². The van der Waals surface area contributed by atoms with Crippen LogP contribution >= 0.6 is 7.92 Å². The molecular formula is C14H3F10OP. The van der Waals surface area contributed by atoms with Gasteiger partial charge in [-0.2, -0.15) is 0 Å². The molecule has 0 N–H and O–H groups in total. The summed E-state index contributed by atoms with van der Waals surface area (Å²) in [5.41, 5.74) is 0. The molecule has 0 amide bonds. The third kappa shape index (κ3) is 2.94. The lowest BCUT2D eigenvalue weighted by molar-refractivity contribution is -0.105. The largest absolute Gasteiger partial charge is 0.303 e. The fourth-order valence-corrected chi connectivity index (χ4v) is 4.11. The molecule has 0 spiro atoms. The van der Waals surface area contributed by atoms with Crippen LogP contribution in [0.2, 0.25) is 0 Å². The predicted octanol–water partition coefficient (Wildman–Crippen LogP) is 3.71. The second-order valence-corrected chi connectivity index (χ2v) is 6.73. The van der Waals surface area contributed by atoms with Gasteiger partial charge in [0.1, 0.15) is 6.29 Å². The van der Waals surface area contributed by atoms with Gasteiger partial charge < -0.3 is 4.79 Å². The summed E-state index contributed by atoms with van der Waals surface area (Å²) in [6, 6.07) is 0. The molecule has 0 atom stereocenters. The first-order valence-corrected chi connectivity index (χ1v) is 7.82. The van der Waals surface area contributed by atoms with Crippen LogP contribution in [0.25, 0.3) is 0 Å². The quantitative estimate of drug-likeness (QED) is 0.248. The molecule has 2 aromatic carbocycles. The average molecular weight is 408 g/mol. The van der Waals surface area contributed by atoms with Crippen molar-refractivity contribution in [2.75, 3.05) is 6.16 Å². The van der Waals surface area contributed by atoms with Gasteiger partial charge in [0.25, 0.3) is 0 Å². The van der Waals surface area contributed by atoms with Gasteiger partial charge in [-0.1, -0.05) is 0 Å². The van der Waals surface area contributed by atoms with Crippen molar-refractivity contribution in [3.63, 3.8) is 0 Å². The van der Waals surface area contributed by atoms with Crippen LogP contribution in [0.1, 0.15) is 0 Å². The van der Waals surface area contributed by atoms with E-state index in [1.807, 2.05) is 0 Å². The van der Waals surface area contributed by atoms with E-state index in [-0.39, 0.29) is 6.29 Å². The van der Waals surface area contributed by atoms with E-state index in [1.54, 1.807) is 0 Å². The topological polar surface area (TPSA) is 17.1 Å². The third-order valence-corrected chi connectivity index (χ3v) is 5.55. The first kappa shape index (κ1) is 20.2. The average Bonchev–Trinajstić information content (AvgIpc) is 2.61. The number of hydrogen-bond acceptors (Lipinski definition) is 1. The molecule has 2 aromatic rings. The molecule has 0 saturated heterocycles. The number of benzene rings is 2. The zero-order valence-corrected chi connectivity index (χ0v) is 12.8. The first-order chi connectivity index (χ1) is 12.1. The van der Waals surface area contributed by atoms with Crippen LogP contribution in [-0.2, 0) is 4.79 Å². The molecule has 12 heteroatoms. The third-order valence-electron chi connectivity index (χ3n) is 3.17. The van der Waals surface area contributed by atoms with Crippen molar-refractivity contribution in [1.29, 1.82) is 0 Å². The van der Waals surface area contributed by atoms with Gasteiger partial charge in [-0.3, -0.25) is 0 Å². The molecule has 0 aromatic heterocycles. The molecule has 0 radical (unpaired) electrons. The summed E-state index contributed by atoms with van der Waals surface area (Å²) in [6.45, 7) is 0. The summed E-state index contributed by atoms with van der Waals surface area (Å²) < 4.78 is 135. The highest BCUT2D eigenvalue weighted by molar-refractivity contribution is 7.73. The van der Waals surface area contributed by atoms with E-state index >= 15 is 0 Å². The van der Waals surface area contributed by atoms with E-state index in [9.17, 15) is 48.7 Å². The lowest BCUT2D eigenvalue weighted by Crippen LogP contribution is -2.30. The SMILES string of the molecule is O=CCP(c1c(F)c(F)c(F)c(F)c1F)c1c(F)c(F)c(F)c(F)c1F. The molecule has 0 bridgehead atoms. The minimum absolute atomic E-state index is 0.220. The van der Waals surface area contributed by atoms with E-state index in [2.05, 4.69) is 0 Å². The van der Waals surface area contributed by atoms with Gasteiger partial charge in [0.15, 0.2) is 46.5 Å². The summed E-state index contributed by atoms with van der Waals surface area (Å²) in [7, 11) is -3.49. The van der Waals surface area contributed by atoms with Crippen molar-refractivity contribution in [2.45, 2.75) is 0 Å². The number of carbonyl (C=O) groups excluding carboxylic acids is 1. The van der Waals surface area contributed by atoms with Crippen molar-refractivity contribution < 1.29 is 48.7 Å². The second-order valence-electron chi connectivity index (χ2n) is 4.61. The molecule has 2 rings (SSSR count). The van der Waals surface area contributed by atoms with Gasteiger partial charge in [-0.05, 0) is 7.92 Å². The maximum absolute atomic E-state index is 13.9. The van der Waals surface area contributed by atoms with Crippen LogP contribution < -0.4 is 10.6 Å². The lowest BCUT2D eigenvalue weighted by Gasteiger charge is -2.20. The van der Waals surface area contributed by atoms with Crippen LogP contribution in [0.4, 0.5) is 43.9 Å². The molecule has 26 heavy (non-hydrogen) atoms. The number of rotatable bonds is 4. The molecule has 0 aliphatic rings. The monoisotopic (exact) mass is 408 g/mol. The first-order valence-electron chi connectivity index (χ1n) is 6.30. The van der Waals surface area contributed by atoms with Crippen LogP contribution in [0.3, 0.4) is 0 Å². The van der Waals surface area contributed by atoms with Crippen molar-refractivity contribution in [3.05, 3.63) is 58.2 Å². The smallest absolute Gasteiger partial charge is 0.200 e. The molecule has 0 heterocycles. The highest BCUT2D eigenvalue weighted by Crippen LogP contribution is 2.39. The van der Waals surface area contributed by atoms with Crippen molar-refractivity contribution in [1.82, 2.24) is 0 Å². The Morgan fingerprint density at radius 3 is 0.962 bits per heavy atom. The summed E-state index contributed by atoms with van der Waals surface area (Å²) in [5.74, 6) is -25.4. The summed E-state index contributed by atoms with van der Waals surface area (Å²) in [4.78, 5) is 10.7. The fraction of sp³-hybridized carbons (Fsp3) is 0.0714. The van der Waals surface area contributed by atoms with Crippen LogP contribution in [0, 0.1) is 58.2 Å². The number of aldehydes is 1. The number of carbonyl (C=O) groups is 1. The van der Waals surface area contributed by atoms with E-state index in [0.29, 0.717) is 0 Å². The van der Waals surface area contributed by atoms with Crippen molar-refractivity contribution in [3.8, 4) is 0 Å². The second kappa shape index (κ2) is 7.22.